The zero-order valence-corrected chi connectivity index (χ0v) is 16.0. The molecule has 3 aromatic rings. The summed E-state index contributed by atoms with van der Waals surface area (Å²) in [6, 6.07) is 21.3. The van der Waals surface area contributed by atoms with Crippen LogP contribution in [-0.4, -0.2) is 11.8 Å². The van der Waals surface area contributed by atoms with E-state index in [0.29, 0.717) is 34.3 Å². The SMILES string of the molecule is CC(=O)Nc1cccc(NC(=O)c2cccc(OCc3ccccc3Cl)c2)c1. The van der Waals surface area contributed by atoms with Gasteiger partial charge in [-0.2, -0.15) is 0 Å². The van der Waals surface area contributed by atoms with Gasteiger partial charge in [-0.1, -0.05) is 41.9 Å². The minimum atomic E-state index is -0.275. The summed E-state index contributed by atoms with van der Waals surface area (Å²) in [5.74, 6) is 0.120. The smallest absolute Gasteiger partial charge is 0.255 e. The summed E-state index contributed by atoms with van der Waals surface area (Å²) in [5, 5.41) is 6.13. The van der Waals surface area contributed by atoms with Crippen LogP contribution in [0.3, 0.4) is 0 Å². The van der Waals surface area contributed by atoms with Gasteiger partial charge in [-0.25, -0.2) is 0 Å². The predicted octanol–water partition coefficient (Wildman–Crippen LogP) is 5.13. The van der Waals surface area contributed by atoms with E-state index in [4.69, 9.17) is 16.3 Å². The maximum absolute atomic E-state index is 12.6. The number of carbonyl (C=O) groups is 2. The molecule has 0 spiro atoms. The molecule has 2 N–H and O–H groups in total. The molecule has 0 aliphatic carbocycles. The molecule has 5 nitrogen and oxygen atoms in total. The molecule has 6 heteroatoms. The third-order valence-electron chi connectivity index (χ3n) is 3.89. The Hall–Kier alpha value is -3.31. The number of amides is 2. The van der Waals surface area contributed by atoms with Crippen LogP contribution in [0.15, 0.2) is 72.8 Å². The van der Waals surface area contributed by atoms with Gasteiger partial charge in [0.25, 0.3) is 5.91 Å². The van der Waals surface area contributed by atoms with Gasteiger partial charge in [0.1, 0.15) is 12.4 Å². The Morgan fingerprint density at radius 2 is 1.61 bits per heavy atom. The van der Waals surface area contributed by atoms with E-state index in [1.165, 1.54) is 6.92 Å². The number of hydrogen-bond donors (Lipinski definition) is 2. The molecule has 0 unspecified atom stereocenters. The van der Waals surface area contributed by atoms with Crippen LogP contribution in [-0.2, 0) is 11.4 Å². The Labute approximate surface area is 168 Å². The van der Waals surface area contributed by atoms with Crippen molar-refractivity contribution < 1.29 is 14.3 Å². The minimum Gasteiger partial charge on any atom is -0.489 e. The van der Waals surface area contributed by atoms with Crippen molar-refractivity contribution in [2.75, 3.05) is 10.6 Å². The molecule has 0 radical (unpaired) electrons. The van der Waals surface area contributed by atoms with E-state index < -0.39 is 0 Å². The van der Waals surface area contributed by atoms with Crippen molar-refractivity contribution in [3.05, 3.63) is 88.9 Å². The third-order valence-corrected chi connectivity index (χ3v) is 4.26. The van der Waals surface area contributed by atoms with Crippen LogP contribution >= 0.6 is 11.6 Å². The molecule has 0 saturated carbocycles. The standard InChI is InChI=1S/C22H19ClN2O3/c1-15(26)24-18-8-5-9-19(13-18)25-22(27)16-7-4-10-20(12-16)28-14-17-6-2-3-11-21(17)23/h2-13H,14H2,1H3,(H,24,26)(H,25,27). The molecule has 3 rings (SSSR count). The highest BCUT2D eigenvalue weighted by atomic mass is 35.5. The molecule has 0 heterocycles. The first-order valence-electron chi connectivity index (χ1n) is 8.66. The highest BCUT2D eigenvalue weighted by molar-refractivity contribution is 6.31. The lowest BCUT2D eigenvalue weighted by molar-refractivity contribution is -0.114. The van der Waals surface area contributed by atoms with Crippen molar-refractivity contribution in [3.63, 3.8) is 0 Å². The average Bonchev–Trinajstić information content (AvgIpc) is 2.67. The molecule has 0 aliphatic heterocycles. The number of rotatable bonds is 6. The van der Waals surface area contributed by atoms with E-state index in [1.807, 2.05) is 18.2 Å². The van der Waals surface area contributed by atoms with Crippen molar-refractivity contribution in [2.45, 2.75) is 13.5 Å². The zero-order valence-electron chi connectivity index (χ0n) is 15.2. The summed E-state index contributed by atoms with van der Waals surface area (Å²) in [7, 11) is 0. The van der Waals surface area contributed by atoms with Gasteiger partial charge in [-0.15, -0.1) is 0 Å². The van der Waals surface area contributed by atoms with Crippen LogP contribution in [0.25, 0.3) is 0 Å². The quantitative estimate of drug-likeness (QED) is 0.609. The molecule has 0 bridgehead atoms. The Morgan fingerprint density at radius 3 is 2.36 bits per heavy atom. The molecule has 3 aromatic carbocycles. The predicted molar refractivity (Wildman–Crippen MR) is 111 cm³/mol. The van der Waals surface area contributed by atoms with Gasteiger partial charge < -0.3 is 15.4 Å². The van der Waals surface area contributed by atoms with Crippen LogP contribution in [0.4, 0.5) is 11.4 Å². The van der Waals surface area contributed by atoms with E-state index in [9.17, 15) is 9.59 Å². The van der Waals surface area contributed by atoms with Crippen molar-refractivity contribution >= 4 is 34.8 Å². The molecule has 2 amide bonds. The van der Waals surface area contributed by atoms with Gasteiger partial charge in [0, 0.05) is 34.4 Å². The van der Waals surface area contributed by atoms with E-state index in [0.717, 1.165) is 5.56 Å². The summed E-state index contributed by atoms with van der Waals surface area (Å²) in [6.45, 7) is 1.74. The fourth-order valence-electron chi connectivity index (χ4n) is 2.58. The maximum Gasteiger partial charge on any atom is 0.255 e. The molecular formula is C22H19ClN2O3. The number of ether oxygens (including phenoxy) is 1. The van der Waals surface area contributed by atoms with Crippen molar-refractivity contribution in [3.8, 4) is 5.75 Å². The van der Waals surface area contributed by atoms with E-state index in [-0.39, 0.29) is 11.8 Å². The van der Waals surface area contributed by atoms with Crippen LogP contribution in [0, 0.1) is 0 Å². The highest BCUT2D eigenvalue weighted by Crippen LogP contribution is 2.21. The lowest BCUT2D eigenvalue weighted by atomic mass is 10.2. The number of hydrogen-bond acceptors (Lipinski definition) is 3. The van der Waals surface area contributed by atoms with Gasteiger partial charge in [-0.3, -0.25) is 9.59 Å². The second kappa shape index (κ2) is 9.06. The lowest BCUT2D eigenvalue weighted by Crippen LogP contribution is -2.12. The fourth-order valence-corrected chi connectivity index (χ4v) is 2.78. The number of carbonyl (C=O) groups excluding carboxylic acids is 2. The topological polar surface area (TPSA) is 67.4 Å². The van der Waals surface area contributed by atoms with Crippen LogP contribution in [0.1, 0.15) is 22.8 Å². The Bertz CT molecular complexity index is 1000. The van der Waals surface area contributed by atoms with Gasteiger partial charge in [0.05, 0.1) is 0 Å². The zero-order chi connectivity index (χ0) is 19.9. The summed E-state index contributed by atoms with van der Waals surface area (Å²) in [5.41, 5.74) is 2.52. The van der Waals surface area contributed by atoms with Crippen LogP contribution in [0.2, 0.25) is 5.02 Å². The largest absolute Gasteiger partial charge is 0.489 e. The summed E-state index contributed by atoms with van der Waals surface area (Å²) >= 11 is 6.14. The average molecular weight is 395 g/mol. The molecule has 0 fully saturated rings. The monoisotopic (exact) mass is 394 g/mol. The molecule has 0 saturated heterocycles. The maximum atomic E-state index is 12.6. The third kappa shape index (κ3) is 5.34. The van der Waals surface area contributed by atoms with Gasteiger partial charge >= 0.3 is 0 Å². The molecule has 0 aromatic heterocycles. The summed E-state index contributed by atoms with van der Waals surface area (Å²) < 4.78 is 5.76. The fraction of sp³-hybridized carbons (Fsp3) is 0.0909. The van der Waals surface area contributed by atoms with Crippen molar-refractivity contribution in [1.82, 2.24) is 0 Å². The van der Waals surface area contributed by atoms with Crippen LogP contribution < -0.4 is 15.4 Å². The summed E-state index contributed by atoms with van der Waals surface area (Å²) in [6.07, 6.45) is 0. The van der Waals surface area contributed by atoms with Crippen LogP contribution in [0.5, 0.6) is 5.75 Å². The van der Waals surface area contributed by atoms with E-state index in [2.05, 4.69) is 10.6 Å². The Morgan fingerprint density at radius 1 is 0.893 bits per heavy atom. The number of nitrogens with one attached hydrogen (secondary N) is 2. The van der Waals surface area contributed by atoms with Crippen molar-refractivity contribution in [1.29, 1.82) is 0 Å². The number of benzene rings is 3. The molecule has 0 atom stereocenters. The van der Waals surface area contributed by atoms with Gasteiger partial charge in [0.2, 0.25) is 5.91 Å². The molecule has 142 valence electrons. The van der Waals surface area contributed by atoms with E-state index >= 15 is 0 Å². The summed E-state index contributed by atoms with van der Waals surface area (Å²) in [4.78, 5) is 23.7. The van der Waals surface area contributed by atoms with E-state index in [1.54, 1.807) is 54.6 Å². The first kappa shape index (κ1) is 19.5. The number of halogens is 1. The lowest BCUT2D eigenvalue weighted by Gasteiger charge is -2.10. The molecular weight excluding hydrogens is 376 g/mol. The minimum absolute atomic E-state index is 0.174. The Balaban J connectivity index is 1.67. The number of anilines is 2. The van der Waals surface area contributed by atoms with Gasteiger partial charge in [0.15, 0.2) is 0 Å². The van der Waals surface area contributed by atoms with Crippen molar-refractivity contribution in [2.24, 2.45) is 0 Å². The first-order chi connectivity index (χ1) is 13.5. The van der Waals surface area contributed by atoms with Gasteiger partial charge in [-0.05, 0) is 42.5 Å². The first-order valence-corrected chi connectivity index (χ1v) is 9.04. The second-order valence-electron chi connectivity index (χ2n) is 6.12. The molecule has 0 aliphatic rings. The Kier molecular flexibility index (Phi) is 6.29. The second-order valence-corrected chi connectivity index (χ2v) is 6.53. The highest BCUT2D eigenvalue weighted by Gasteiger charge is 2.09. The normalized spacial score (nSPS) is 10.2. The molecule has 28 heavy (non-hydrogen) atoms.